The normalized spacial score (nSPS) is 17.7. The van der Waals surface area contributed by atoms with Crippen molar-refractivity contribution >= 4 is 5.97 Å². The van der Waals surface area contributed by atoms with E-state index < -0.39 is 11.5 Å². The van der Waals surface area contributed by atoms with Gasteiger partial charge in [0.2, 0.25) is 0 Å². The monoisotopic (exact) mass is 291 g/mol. The molecule has 116 valence electrons. The molecular formula is C17H25NO3. The van der Waals surface area contributed by atoms with Gasteiger partial charge in [0.1, 0.15) is 5.54 Å². The Kier molecular flexibility index (Phi) is 5.37. The van der Waals surface area contributed by atoms with Crippen LogP contribution in [0.2, 0.25) is 0 Å². The summed E-state index contributed by atoms with van der Waals surface area (Å²) in [7, 11) is 0. The summed E-state index contributed by atoms with van der Waals surface area (Å²) in [6.07, 6.45) is 2.91. The minimum absolute atomic E-state index is 0.0738. The van der Waals surface area contributed by atoms with E-state index in [1.165, 1.54) is 12.8 Å². The van der Waals surface area contributed by atoms with Crippen LogP contribution in [0.15, 0.2) is 30.3 Å². The lowest BCUT2D eigenvalue weighted by Crippen LogP contribution is -2.52. The molecule has 0 bridgehead atoms. The maximum Gasteiger partial charge on any atom is 0.328 e. The summed E-state index contributed by atoms with van der Waals surface area (Å²) in [4.78, 5) is 12.0. The fourth-order valence-corrected chi connectivity index (χ4v) is 2.57. The van der Waals surface area contributed by atoms with Gasteiger partial charge in [-0.1, -0.05) is 30.3 Å². The van der Waals surface area contributed by atoms with Crippen LogP contribution in [-0.4, -0.2) is 30.3 Å². The smallest absolute Gasteiger partial charge is 0.328 e. The molecule has 1 aromatic rings. The highest BCUT2D eigenvalue weighted by Gasteiger charge is 2.40. The summed E-state index contributed by atoms with van der Waals surface area (Å²) in [5.41, 5.74) is -0.305. The third kappa shape index (κ3) is 4.29. The van der Waals surface area contributed by atoms with Crippen LogP contribution >= 0.6 is 0 Å². The Hall–Kier alpha value is -1.39. The Bertz CT molecular complexity index is 456. The molecule has 21 heavy (non-hydrogen) atoms. The fourth-order valence-electron chi connectivity index (χ4n) is 2.57. The lowest BCUT2D eigenvalue weighted by molar-refractivity contribution is -0.146. The Balaban J connectivity index is 2.11. The predicted molar refractivity (Wildman–Crippen MR) is 82.2 cm³/mol. The van der Waals surface area contributed by atoms with E-state index in [-0.39, 0.29) is 6.04 Å². The van der Waals surface area contributed by atoms with Crippen LogP contribution in [0.4, 0.5) is 0 Å². The first kappa shape index (κ1) is 16.0. The summed E-state index contributed by atoms with van der Waals surface area (Å²) >= 11 is 0. The zero-order chi connectivity index (χ0) is 15.3. The SMILES string of the molecule is CC(C)NC(CCOCC1CC1)(C(=O)O)c1ccccc1. The number of carboxylic acid groups (broad SMARTS) is 1. The number of nitrogens with one attached hydrogen (secondary N) is 1. The van der Waals surface area contributed by atoms with Crippen LogP contribution in [0.5, 0.6) is 0 Å². The number of hydrogen-bond donors (Lipinski definition) is 2. The maximum atomic E-state index is 12.0. The number of hydrogen-bond acceptors (Lipinski definition) is 3. The van der Waals surface area contributed by atoms with E-state index in [0.717, 1.165) is 12.2 Å². The van der Waals surface area contributed by atoms with E-state index in [1.807, 2.05) is 44.2 Å². The molecule has 2 N–H and O–H groups in total. The van der Waals surface area contributed by atoms with E-state index >= 15 is 0 Å². The van der Waals surface area contributed by atoms with Crippen molar-refractivity contribution in [2.24, 2.45) is 5.92 Å². The first-order chi connectivity index (χ1) is 10.0. The van der Waals surface area contributed by atoms with Gasteiger partial charge in [0.15, 0.2) is 0 Å². The van der Waals surface area contributed by atoms with Gasteiger partial charge in [0.05, 0.1) is 0 Å². The number of carbonyl (C=O) groups is 1. The van der Waals surface area contributed by atoms with Crippen molar-refractivity contribution in [1.82, 2.24) is 5.32 Å². The van der Waals surface area contributed by atoms with Crippen LogP contribution in [0.25, 0.3) is 0 Å². The van der Waals surface area contributed by atoms with E-state index in [2.05, 4.69) is 5.32 Å². The number of aliphatic carboxylic acids is 1. The maximum absolute atomic E-state index is 12.0. The molecule has 0 heterocycles. The Morgan fingerprint density at radius 1 is 1.38 bits per heavy atom. The summed E-state index contributed by atoms with van der Waals surface area (Å²) in [6, 6.07) is 9.45. The van der Waals surface area contributed by atoms with Crippen molar-refractivity contribution in [2.45, 2.75) is 44.7 Å². The summed E-state index contributed by atoms with van der Waals surface area (Å²) < 4.78 is 5.66. The standard InChI is InChI=1S/C17H25NO3/c1-13(2)18-17(16(19)20,15-6-4-3-5-7-15)10-11-21-12-14-8-9-14/h3-7,13-14,18H,8-12H2,1-2H3,(H,19,20). The molecule has 0 aliphatic heterocycles. The fraction of sp³-hybridized carbons (Fsp3) is 0.588. The molecule has 1 aliphatic carbocycles. The topological polar surface area (TPSA) is 58.6 Å². The van der Waals surface area contributed by atoms with Gasteiger partial charge in [-0.25, -0.2) is 4.79 Å². The minimum Gasteiger partial charge on any atom is -0.480 e. The Labute approximate surface area is 126 Å². The molecule has 0 spiro atoms. The molecule has 1 unspecified atom stereocenters. The van der Waals surface area contributed by atoms with Crippen molar-refractivity contribution < 1.29 is 14.6 Å². The van der Waals surface area contributed by atoms with Gasteiger partial charge in [0, 0.05) is 25.7 Å². The molecule has 4 nitrogen and oxygen atoms in total. The molecule has 1 fully saturated rings. The molecule has 1 aromatic carbocycles. The van der Waals surface area contributed by atoms with Gasteiger partial charge in [-0.15, -0.1) is 0 Å². The number of carboxylic acids is 1. The van der Waals surface area contributed by atoms with Crippen LogP contribution in [0.3, 0.4) is 0 Å². The van der Waals surface area contributed by atoms with E-state index in [1.54, 1.807) is 0 Å². The van der Waals surface area contributed by atoms with Crippen molar-refractivity contribution in [3.8, 4) is 0 Å². The van der Waals surface area contributed by atoms with Gasteiger partial charge in [-0.3, -0.25) is 5.32 Å². The highest BCUT2D eigenvalue weighted by Crippen LogP contribution is 2.30. The second-order valence-corrected chi connectivity index (χ2v) is 6.14. The van der Waals surface area contributed by atoms with Gasteiger partial charge in [-0.2, -0.15) is 0 Å². The zero-order valence-electron chi connectivity index (χ0n) is 12.8. The van der Waals surface area contributed by atoms with Crippen LogP contribution < -0.4 is 5.32 Å². The average molecular weight is 291 g/mol. The molecule has 1 saturated carbocycles. The molecular weight excluding hydrogens is 266 g/mol. The largest absolute Gasteiger partial charge is 0.480 e. The lowest BCUT2D eigenvalue weighted by atomic mass is 9.86. The van der Waals surface area contributed by atoms with Crippen LogP contribution in [-0.2, 0) is 15.1 Å². The molecule has 0 aromatic heterocycles. The van der Waals surface area contributed by atoms with Crippen LogP contribution in [0.1, 0.15) is 38.7 Å². The molecule has 1 atom stereocenters. The number of ether oxygens (including phenoxy) is 1. The van der Waals surface area contributed by atoms with Crippen LogP contribution in [0, 0.1) is 5.92 Å². The minimum atomic E-state index is -1.08. The van der Waals surface area contributed by atoms with Gasteiger partial charge < -0.3 is 9.84 Å². The second-order valence-electron chi connectivity index (χ2n) is 6.14. The highest BCUT2D eigenvalue weighted by molar-refractivity contribution is 5.80. The van der Waals surface area contributed by atoms with Crippen molar-refractivity contribution in [2.75, 3.05) is 13.2 Å². The summed E-state index contributed by atoms with van der Waals surface area (Å²) in [6.45, 7) is 5.14. The highest BCUT2D eigenvalue weighted by atomic mass is 16.5. The van der Waals surface area contributed by atoms with E-state index in [0.29, 0.717) is 18.9 Å². The third-order valence-electron chi connectivity index (χ3n) is 3.84. The molecule has 0 amide bonds. The summed E-state index contributed by atoms with van der Waals surface area (Å²) in [5, 5.41) is 13.1. The number of rotatable bonds is 9. The van der Waals surface area contributed by atoms with Gasteiger partial charge in [-0.05, 0) is 38.2 Å². The van der Waals surface area contributed by atoms with Crippen molar-refractivity contribution in [1.29, 1.82) is 0 Å². The Morgan fingerprint density at radius 3 is 2.57 bits per heavy atom. The third-order valence-corrected chi connectivity index (χ3v) is 3.84. The molecule has 0 radical (unpaired) electrons. The number of benzene rings is 1. The quantitative estimate of drug-likeness (QED) is 0.687. The molecule has 4 heteroatoms. The van der Waals surface area contributed by atoms with Gasteiger partial charge >= 0.3 is 5.97 Å². The average Bonchev–Trinajstić information content (AvgIpc) is 3.26. The van der Waals surface area contributed by atoms with Crippen molar-refractivity contribution in [3.63, 3.8) is 0 Å². The summed E-state index contributed by atoms with van der Waals surface area (Å²) in [5.74, 6) is -0.156. The molecule has 2 rings (SSSR count). The zero-order valence-corrected chi connectivity index (χ0v) is 12.8. The molecule has 1 aliphatic rings. The Morgan fingerprint density at radius 2 is 2.05 bits per heavy atom. The first-order valence-corrected chi connectivity index (χ1v) is 7.69. The lowest BCUT2D eigenvalue weighted by Gasteiger charge is -2.33. The molecule has 0 saturated heterocycles. The second kappa shape index (κ2) is 7.05. The van der Waals surface area contributed by atoms with E-state index in [4.69, 9.17) is 4.74 Å². The van der Waals surface area contributed by atoms with E-state index in [9.17, 15) is 9.90 Å². The first-order valence-electron chi connectivity index (χ1n) is 7.69. The van der Waals surface area contributed by atoms with Gasteiger partial charge in [0.25, 0.3) is 0 Å². The predicted octanol–water partition coefficient (Wildman–Crippen LogP) is 2.78. The van der Waals surface area contributed by atoms with Crippen molar-refractivity contribution in [3.05, 3.63) is 35.9 Å².